The van der Waals surface area contributed by atoms with Crippen LogP contribution in [-0.2, 0) is 0 Å². The molecule has 0 aliphatic heterocycles. The first-order valence-electron chi connectivity index (χ1n) is 22.1. The van der Waals surface area contributed by atoms with E-state index in [1.807, 2.05) is 30.3 Å². The van der Waals surface area contributed by atoms with Crippen LogP contribution in [0.4, 0.5) is 0 Å². The Morgan fingerprint density at radius 2 is 0.846 bits per heavy atom. The zero-order chi connectivity index (χ0) is 42.8. The molecular formula is C62H38N2O. The Balaban J connectivity index is 0.836. The van der Waals surface area contributed by atoms with E-state index in [1.165, 1.54) is 59.8 Å². The lowest BCUT2D eigenvalue weighted by molar-refractivity contribution is 0.670. The first-order chi connectivity index (χ1) is 32.2. The number of para-hydroxylation sites is 2. The van der Waals surface area contributed by atoms with E-state index >= 15 is 0 Å². The molecule has 2 heterocycles. The molecule has 0 bridgehead atoms. The van der Waals surface area contributed by atoms with Crippen molar-refractivity contribution in [1.29, 1.82) is 0 Å². The zero-order valence-corrected chi connectivity index (χ0v) is 35.2. The molecule has 0 atom stereocenters. The number of aromatic nitrogens is 2. The van der Waals surface area contributed by atoms with Gasteiger partial charge in [-0.1, -0.05) is 200 Å². The monoisotopic (exact) mass is 826 g/mol. The molecule has 2 aromatic heterocycles. The first-order valence-corrected chi connectivity index (χ1v) is 22.1. The van der Waals surface area contributed by atoms with E-state index in [1.54, 1.807) is 0 Å². The fourth-order valence-corrected chi connectivity index (χ4v) is 9.80. The molecule has 13 aromatic rings. The third-order valence-electron chi connectivity index (χ3n) is 13.1. The van der Waals surface area contributed by atoms with Gasteiger partial charge >= 0.3 is 0 Å². The summed E-state index contributed by atoms with van der Waals surface area (Å²) in [6.07, 6.45) is 0. The number of hydrogen-bond donors (Lipinski definition) is 0. The standard InChI is InChI=1S/C62H38N2O/c1-2-12-44(13-3-1)62-63-57(38-58(64-62)43-27-23-41(24-28-43)52-18-10-19-55-53-17-8-9-20-59(53)65-61(52)55)42-25-21-39(22-26-42)45-29-30-47-36-49(32-31-46(47)35-45)60-51-16-7-5-14-48(51)37-56-50-15-6-4-11-40(50)33-34-54(56)60/h1-38H. The van der Waals surface area contributed by atoms with Gasteiger partial charge < -0.3 is 4.42 Å². The smallest absolute Gasteiger partial charge is 0.160 e. The summed E-state index contributed by atoms with van der Waals surface area (Å²) < 4.78 is 6.37. The molecule has 0 amide bonds. The van der Waals surface area contributed by atoms with Gasteiger partial charge in [0.2, 0.25) is 0 Å². The minimum Gasteiger partial charge on any atom is -0.455 e. The maximum atomic E-state index is 6.37. The maximum Gasteiger partial charge on any atom is 0.160 e. The Bertz CT molecular complexity index is 3980. The molecule has 13 rings (SSSR count). The second-order valence-corrected chi connectivity index (χ2v) is 16.9. The zero-order valence-electron chi connectivity index (χ0n) is 35.2. The van der Waals surface area contributed by atoms with Gasteiger partial charge in [-0.05, 0) is 101 Å². The van der Waals surface area contributed by atoms with Gasteiger partial charge in [0.1, 0.15) is 11.2 Å². The second-order valence-electron chi connectivity index (χ2n) is 16.9. The average molecular weight is 827 g/mol. The molecule has 0 radical (unpaired) electrons. The molecule has 0 aliphatic rings. The van der Waals surface area contributed by atoms with Crippen LogP contribution < -0.4 is 0 Å². The summed E-state index contributed by atoms with van der Waals surface area (Å²) in [5.74, 6) is 0.692. The van der Waals surface area contributed by atoms with Crippen molar-refractivity contribution in [3.63, 3.8) is 0 Å². The Morgan fingerprint density at radius 1 is 0.277 bits per heavy atom. The Labute approximate surface area is 375 Å². The topological polar surface area (TPSA) is 38.9 Å². The second kappa shape index (κ2) is 15.0. The highest BCUT2D eigenvalue weighted by Crippen LogP contribution is 2.41. The van der Waals surface area contributed by atoms with Gasteiger partial charge in [0.15, 0.2) is 5.82 Å². The molecule has 302 valence electrons. The summed E-state index contributed by atoms with van der Waals surface area (Å²) in [6, 6.07) is 82.4. The highest BCUT2D eigenvalue weighted by Gasteiger charge is 2.16. The predicted molar refractivity (Wildman–Crippen MR) is 272 cm³/mol. The summed E-state index contributed by atoms with van der Waals surface area (Å²) >= 11 is 0. The van der Waals surface area contributed by atoms with Crippen LogP contribution in [0.15, 0.2) is 235 Å². The van der Waals surface area contributed by atoms with Crippen LogP contribution in [0.1, 0.15) is 0 Å². The van der Waals surface area contributed by atoms with Crippen LogP contribution in [0.3, 0.4) is 0 Å². The predicted octanol–water partition coefficient (Wildman–Crippen LogP) is 17.0. The molecule has 0 fully saturated rings. The van der Waals surface area contributed by atoms with Gasteiger partial charge in [-0.25, -0.2) is 9.97 Å². The third kappa shape index (κ3) is 6.36. The molecule has 0 N–H and O–H groups in total. The van der Waals surface area contributed by atoms with Crippen molar-refractivity contribution in [3.8, 4) is 67.3 Å². The maximum absolute atomic E-state index is 6.37. The largest absolute Gasteiger partial charge is 0.455 e. The molecule has 65 heavy (non-hydrogen) atoms. The SMILES string of the molecule is c1ccc(-c2nc(-c3ccc(-c4ccc5cc(-c6c7ccccc7cc7c6ccc6ccccc67)ccc5c4)cc3)cc(-c3ccc(-c4cccc5c4oc4ccccc45)cc3)n2)cc1. The van der Waals surface area contributed by atoms with E-state index in [-0.39, 0.29) is 0 Å². The Kier molecular flexibility index (Phi) is 8.53. The van der Waals surface area contributed by atoms with Crippen molar-refractivity contribution in [2.24, 2.45) is 0 Å². The Morgan fingerprint density at radius 3 is 1.62 bits per heavy atom. The number of furan rings is 1. The summed E-state index contributed by atoms with van der Waals surface area (Å²) in [5.41, 5.74) is 13.5. The van der Waals surface area contributed by atoms with Crippen molar-refractivity contribution in [2.75, 3.05) is 0 Å². The Hall–Kier alpha value is -8.66. The summed E-state index contributed by atoms with van der Waals surface area (Å²) in [7, 11) is 0. The van der Waals surface area contributed by atoms with E-state index in [4.69, 9.17) is 14.4 Å². The fourth-order valence-electron chi connectivity index (χ4n) is 9.80. The van der Waals surface area contributed by atoms with Gasteiger partial charge in [0, 0.05) is 33.0 Å². The van der Waals surface area contributed by atoms with Gasteiger partial charge in [0.05, 0.1) is 11.4 Å². The quantitative estimate of drug-likeness (QED) is 0.124. The van der Waals surface area contributed by atoms with E-state index in [0.717, 1.165) is 66.7 Å². The van der Waals surface area contributed by atoms with Crippen molar-refractivity contribution >= 4 is 65.0 Å². The normalized spacial score (nSPS) is 11.7. The van der Waals surface area contributed by atoms with Gasteiger partial charge in [-0.2, -0.15) is 0 Å². The molecule has 0 spiro atoms. The average Bonchev–Trinajstić information content (AvgIpc) is 3.77. The summed E-state index contributed by atoms with van der Waals surface area (Å²) in [6.45, 7) is 0. The van der Waals surface area contributed by atoms with Crippen molar-refractivity contribution in [1.82, 2.24) is 9.97 Å². The van der Waals surface area contributed by atoms with Gasteiger partial charge in [0.25, 0.3) is 0 Å². The van der Waals surface area contributed by atoms with Crippen molar-refractivity contribution in [3.05, 3.63) is 231 Å². The lowest BCUT2D eigenvalue weighted by Gasteiger charge is -2.15. The number of benzene rings is 11. The van der Waals surface area contributed by atoms with E-state index in [0.29, 0.717) is 5.82 Å². The van der Waals surface area contributed by atoms with Crippen molar-refractivity contribution < 1.29 is 4.42 Å². The fraction of sp³-hybridized carbons (Fsp3) is 0. The molecule has 0 saturated heterocycles. The molecule has 0 aliphatic carbocycles. The molecule has 3 nitrogen and oxygen atoms in total. The number of fused-ring (bicyclic) bond motifs is 8. The highest BCUT2D eigenvalue weighted by molar-refractivity contribution is 6.20. The summed E-state index contributed by atoms with van der Waals surface area (Å²) in [5, 5.41) is 12.3. The molecule has 11 aromatic carbocycles. The number of nitrogens with zero attached hydrogens (tertiary/aromatic N) is 2. The molecular weight excluding hydrogens is 789 g/mol. The van der Waals surface area contributed by atoms with E-state index < -0.39 is 0 Å². The van der Waals surface area contributed by atoms with Crippen LogP contribution >= 0.6 is 0 Å². The lowest BCUT2D eigenvalue weighted by atomic mass is 9.89. The third-order valence-corrected chi connectivity index (χ3v) is 13.1. The van der Waals surface area contributed by atoms with Crippen LogP contribution in [0.25, 0.3) is 132 Å². The van der Waals surface area contributed by atoms with Gasteiger partial charge in [-0.3, -0.25) is 0 Å². The lowest BCUT2D eigenvalue weighted by Crippen LogP contribution is -1.96. The van der Waals surface area contributed by atoms with Crippen LogP contribution in [0.2, 0.25) is 0 Å². The molecule has 0 saturated carbocycles. The van der Waals surface area contributed by atoms with Gasteiger partial charge in [-0.15, -0.1) is 0 Å². The molecule has 0 unspecified atom stereocenters. The van der Waals surface area contributed by atoms with Crippen LogP contribution in [0, 0.1) is 0 Å². The first kappa shape index (κ1) is 36.9. The van der Waals surface area contributed by atoms with Crippen LogP contribution in [0.5, 0.6) is 0 Å². The highest BCUT2D eigenvalue weighted by atomic mass is 16.3. The van der Waals surface area contributed by atoms with Crippen molar-refractivity contribution in [2.45, 2.75) is 0 Å². The summed E-state index contributed by atoms with van der Waals surface area (Å²) in [4.78, 5) is 10.2. The minimum atomic E-state index is 0.692. The number of hydrogen-bond acceptors (Lipinski definition) is 3. The number of rotatable bonds is 6. The minimum absolute atomic E-state index is 0.692. The van der Waals surface area contributed by atoms with E-state index in [2.05, 4.69) is 200 Å². The van der Waals surface area contributed by atoms with Crippen LogP contribution in [-0.4, -0.2) is 9.97 Å². The molecule has 3 heteroatoms. The van der Waals surface area contributed by atoms with E-state index in [9.17, 15) is 0 Å².